The van der Waals surface area contributed by atoms with Crippen molar-refractivity contribution in [3.8, 4) is 0 Å². The average Bonchev–Trinajstić information content (AvgIpc) is 2.73. The van der Waals surface area contributed by atoms with E-state index in [0.29, 0.717) is 16.8 Å². The van der Waals surface area contributed by atoms with Gasteiger partial charge in [0.2, 0.25) is 0 Å². The molecule has 136 valence electrons. The van der Waals surface area contributed by atoms with Crippen molar-refractivity contribution in [2.24, 2.45) is 0 Å². The van der Waals surface area contributed by atoms with E-state index in [1.165, 1.54) is 5.56 Å². The molecule has 3 N–H and O–H groups in total. The fourth-order valence-electron chi connectivity index (χ4n) is 2.91. The Hall–Kier alpha value is -3.24. The summed E-state index contributed by atoms with van der Waals surface area (Å²) in [4.78, 5) is 25.1. The van der Waals surface area contributed by atoms with E-state index in [1.54, 1.807) is 30.3 Å². The van der Waals surface area contributed by atoms with Crippen LogP contribution in [0.3, 0.4) is 0 Å². The highest BCUT2D eigenvalue weighted by atomic mass is 16.2. The van der Waals surface area contributed by atoms with Gasteiger partial charge in [-0.25, -0.2) is 0 Å². The van der Waals surface area contributed by atoms with Crippen molar-refractivity contribution in [2.45, 2.75) is 13.0 Å². The molecule has 27 heavy (non-hydrogen) atoms. The maximum Gasteiger partial charge on any atom is 0.279 e. The highest BCUT2D eigenvalue weighted by Crippen LogP contribution is 2.19. The summed E-state index contributed by atoms with van der Waals surface area (Å²) < 4.78 is 0. The number of hydrogen-bond acceptors (Lipinski definition) is 2. The number of carbonyl (C=O) groups is 2. The fourth-order valence-corrected chi connectivity index (χ4v) is 2.91. The number of amides is 1. The first kappa shape index (κ1) is 18.5. The largest absolute Gasteiger partial charge is 0.333 e. The third-order valence-electron chi connectivity index (χ3n) is 4.46. The van der Waals surface area contributed by atoms with Crippen LogP contribution in [-0.2, 0) is 4.79 Å². The lowest BCUT2D eigenvalue weighted by molar-refractivity contribution is -0.682. The molecule has 3 aromatic carbocycles. The van der Waals surface area contributed by atoms with E-state index in [4.69, 9.17) is 0 Å². The molecule has 1 amide bonds. The normalized spacial score (nSPS) is 11.6. The number of carbonyl (C=O) groups excluding carboxylic acids is 2. The molecule has 1 atom stereocenters. The van der Waals surface area contributed by atoms with Gasteiger partial charge < -0.3 is 10.6 Å². The van der Waals surface area contributed by atoms with Crippen LogP contribution in [0.4, 0.5) is 5.69 Å². The van der Waals surface area contributed by atoms with Crippen molar-refractivity contribution in [3.05, 3.63) is 102 Å². The van der Waals surface area contributed by atoms with Crippen LogP contribution >= 0.6 is 0 Å². The second-order valence-corrected chi connectivity index (χ2v) is 6.43. The van der Waals surface area contributed by atoms with Crippen LogP contribution in [0.25, 0.3) is 0 Å². The quantitative estimate of drug-likeness (QED) is 0.637. The van der Waals surface area contributed by atoms with Crippen LogP contribution in [0.15, 0.2) is 84.9 Å². The Morgan fingerprint density at radius 2 is 1.44 bits per heavy atom. The number of hydrogen-bond donors (Lipinski definition) is 2. The predicted octanol–water partition coefficient (Wildman–Crippen LogP) is 3.18. The Bertz CT molecular complexity index is 908. The minimum atomic E-state index is -0.133. The SMILES string of the molecule is C[C@H]([NH2+]CC(=O)Nc1ccccc1C(=O)c1ccccc1)c1ccccc1. The molecule has 0 saturated heterocycles. The topological polar surface area (TPSA) is 62.8 Å². The summed E-state index contributed by atoms with van der Waals surface area (Å²) in [5, 5.41) is 4.86. The summed E-state index contributed by atoms with van der Waals surface area (Å²) in [6.45, 7) is 2.35. The van der Waals surface area contributed by atoms with Crippen LogP contribution in [0, 0.1) is 0 Å². The zero-order chi connectivity index (χ0) is 19.1. The molecule has 0 heterocycles. The van der Waals surface area contributed by atoms with E-state index in [2.05, 4.69) is 12.2 Å². The van der Waals surface area contributed by atoms with Gasteiger partial charge in [0.05, 0.1) is 5.69 Å². The standard InChI is InChI=1S/C23H22N2O2/c1-17(18-10-4-2-5-11-18)24-16-22(26)25-21-15-9-8-14-20(21)23(27)19-12-6-3-7-13-19/h2-15,17,24H,16H2,1H3,(H,25,26)/p+1/t17-/m0/s1. The molecule has 0 radical (unpaired) electrons. The first-order valence-corrected chi connectivity index (χ1v) is 9.02. The number of benzene rings is 3. The van der Waals surface area contributed by atoms with E-state index in [0.717, 1.165) is 0 Å². The Labute approximate surface area is 159 Å². The van der Waals surface area contributed by atoms with Crippen LogP contribution < -0.4 is 10.6 Å². The summed E-state index contributed by atoms with van der Waals surface area (Å²) in [6, 6.07) is 26.4. The minimum Gasteiger partial charge on any atom is -0.333 e. The molecule has 3 aromatic rings. The number of ketones is 1. The summed E-state index contributed by atoms with van der Waals surface area (Å²) >= 11 is 0. The first-order valence-electron chi connectivity index (χ1n) is 9.02. The maximum absolute atomic E-state index is 12.7. The van der Waals surface area contributed by atoms with E-state index >= 15 is 0 Å². The molecule has 0 bridgehead atoms. The molecule has 0 aliphatic rings. The third-order valence-corrected chi connectivity index (χ3v) is 4.46. The van der Waals surface area contributed by atoms with Gasteiger partial charge in [0.25, 0.3) is 5.91 Å². The molecule has 0 saturated carbocycles. The lowest BCUT2D eigenvalue weighted by Gasteiger charge is -2.13. The van der Waals surface area contributed by atoms with Gasteiger partial charge in [-0.15, -0.1) is 0 Å². The first-order chi connectivity index (χ1) is 13.1. The average molecular weight is 359 g/mol. The smallest absolute Gasteiger partial charge is 0.279 e. The number of anilines is 1. The summed E-state index contributed by atoms with van der Waals surface area (Å²) in [5.74, 6) is -0.237. The van der Waals surface area contributed by atoms with Gasteiger partial charge in [-0.1, -0.05) is 72.8 Å². The van der Waals surface area contributed by atoms with Crippen LogP contribution in [0.5, 0.6) is 0 Å². The number of rotatable bonds is 7. The van der Waals surface area contributed by atoms with Gasteiger partial charge in [-0.3, -0.25) is 9.59 Å². The summed E-state index contributed by atoms with van der Waals surface area (Å²) in [6.07, 6.45) is 0. The van der Waals surface area contributed by atoms with Crippen molar-refractivity contribution in [3.63, 3.8) is 0 Å². The molecule has 0 aliphatic carbocycles. The number of quaternary nitrogens is 1. The van der Waals surface area contributed by atoms with Crippen molar-refractivity contribution < 1.29 is 14.9 Å². The number of nitrogens with two attached hydrogens (primary N) is 1. The summed E-state index contributed by atoms with van der Waals surface area (Å²) in [5.41, 5.74) is 2.80. The van der Waals surface area contributed by atoms with Gasteiger partial charge in [0.1, 0.15) is 6.04 Å². The molecule has 0 unspecified atom stereocenters. The Kier molecular flexibility index (Phi) is 6.13. The van der Waals surface area contributed by atoms with E-state index in [-0.39, 0.29) is 24.3 Å². The molecular weight excluding hydrogens is 336 g/mol. The van der Waals surface area contributed by atoms with Crippen molar-refractivity contribution >= 4 is 17.4 Å². The van der Waals surface area contributed by atoms with Crippen molar-refractivity contribution in [2.75, 3.05) is 11.9 Å². The Morgan fingerprint density at radius 3 is 2.15 bits per heavy atom. The van der Waals surface area contributed by atoms with Gasteiger partial charge in [0.15, 0.2) is 12.3 Å². The van der Waals surface area contributed by atoms with Gasteiger partial charge in [0, 0.05) is 16.7 Å². The third kappa shape index (κ3) is 4.90. The number of para-hydroxylation sites is 1. The molecule has 0 aliphatic heterocycles. The number of nitrogens with one attached hydrogen (secondary N) is 1. The molecule has 4 nitrogen and oxygen atoms in total. The van der Waals surface area contributed by atoms with Crippen LogP contribution in [0.2, 0.25) is 0 Å². The fraction of sp³-hybridized carbons (Fsp3) is 0.130. The van der Waals surface area contributed by atoms with Crippen LogP contribution in [0.1, 0.15) is 34.5 Å². The molecule has 4 heteroatoms. The van der Waals surface area contributed by atoms with Gasteiger partial charge in [-0.2, -0.15) is 0 Å². The van der Waals surface area contributed by atoms with Crippen molar-refractivity contribution in [1.82, 2.24) is 0 Å². The highest BCUT2D eigenvalue weighted by Gasteiger charge is 2.16. The lowest BCUT2D eigenvalue weighted by Crippen LogP contribution is -2.86. The van der Waals surface area contributed by atoms with E-state index in [9.17, 15) is 9.59 Å². The summed E-state index contributed by atoms with van der Waals surface area (Å²) in [7, 11) is 0. The zero-order valence-corrected chi connectivity index (χ0v) is 15.3. The molecule has 0 spiro atoms. The highest BCUT2D eigenvalue weighted by molar-refractivity contribution is 6.13. The van der Waals surface area contributed by atoms with Gasteiger partial charge in [-0.05, 0) is 19.1 Å². The molecule has 3 rings (SSSR count). The van der Waals surface area contributed by atoms with Crippen LogP contribution in [-0.4, -0.2) is 18.2 Å². The lowest BCUT2D eigenvalue weighted by atomic mass is 10.0. The molecular formula is C23H23N2O2+. The van der Waals surface area contributed by atoms with E-state index in [1.807, 2.05) is 59.9 Å². The maximum atomic E-state index is 12.7. The van der Waals surface area contributed by atoms with Gasteiger partial charge >= 0.3 is 0 Å². The Morgan fingerprint density at radius 1 is 0.852 bits per heavy atom. The molecule has 0 fully saturated rings. The van der Waals surface area contributed by atoms with Crippen molar-refractivity contribution in [1.29, 1.82) is 0 Å². The minimum absolute atomic E-state index is 0.104. The Balaban J connectivity index is 1.65. The zero-order valence-electron chi connectivity index (χ0n) is 15.3. The predicted molar refractivity (Wildman–Crippen MR) is 107 cm³/mol. The second kappa shape index (κ2) is 8.92. The van der Waals surface area contributed by atoms with E-state index < -0.39 is 0 Å². The molecule has 0 aromatic heterocycles. The monoisotopic (exact) mass is 359 g/mol. The second-order valence-electron chi connectivity index (χ2n) is 6.43.